The van der Waals surface area contributed by atoms with Crippen LogP contribution in [0.3, 0.4) is 0 Å². The molecule has 0 aliphatic heterocycles. The van der Waals surface area contributed by atoms with Gasteiger partial charge in [-0.2, -0.15) is 11.8 Å². The van der Waals surface area contributed by atoms with Crippen molar-refractivity contribution >= 4 is 11.8 Å². The first-order valence-electron chi connectivity index (χ1n) is 3.40. The van der Waals surface area contributed by atoms with Crippen molar-refractivity contribution in [2.75, 3.05) is 12.0 Å². The van der Waals surface area contributed by atoms with Crippen molar-refractivity contribution in [2.45, 2.75) is 32.2 Å². The Kier molecular flexibility index (Phi) is 4.32. The maximum atomic E-state index is 5.89. The highest BCUT2D eigenvalue weighted by molar-refractivity contribution is 7.98. The maximum Gasteiger partial charge on any atom is 0.0131 e. The van der Waals surface area contributed by atoms with Crippen molar-refractivity contribution in [2.24, 2.45) is 5.73 Å². The summed E-state index contributed by atoms with van der Waals surface area (Å²) < 4.78 is 0. The zero-order chi connectivity index (χ0) is 7.33. The lowest BCUT2D eigenvalue weighted by atomic mass is 9.98. The van der Waals surface area contributed by atoms with Crippen LogP contribution in [0.5, 0.6) is 0 Å². The summed E-state index contributed by atoms with van der Waals surface area (Å²) in [6, 6.07) is 0. The minimum absolute atomic E-state index is 0.0724. The highest BCUT2D eigenvalue weighted by Gasteiger charge is 2.13. The fourth-order valence-corrected chi connectivity index (χ4v) is 1.18. The van der Waals surface area contributed by atoms with Crippen LogP contribution >= 0.6 is 11.8 Å². The first-order valence-corrected chi connectivity index (χ1v) is 4.79. The Balaban J connectivity index is 3.33. The molecule has 1 unspecified atom stereocenters. The standard InChI is InChI=1S/C7H17NS/c1-4-7(2,8)5-6-9-3/h4-6,8H2,1-3H3. The zero-order valence-electron chi connectivity index (χ0n) is 6.61. The predicted molar refractivity (Wildman–Crippen MR) is 45.9 cm³/mol. The van der Waals surface area contributed by atoms with E-state index in [-0.39, 0.29) is 5.54 Å². The van der Waals surface area contributed by atoms with Gasteiger partial charge in [0.05, 0.1) is 0 Å². The average Bonchev–Trinajstić information content (AvgIpc) is 1.84. The first-order chi connectivity index (χ1) is 4.12. The normalized spacial score (nSPS) is 17.3. The summed E-state index contributed by atoms with van der Waals surface area (Å²) in [5.41, 5.74) is 5.96. The van der Waals surface area contributed by atoms with Crippen molar-refractivity contribution in [1.29, 1.82) is 0 Å². The highest BCUT2D eigenvalue weighted by Crippen LogP contribution is 2.12. The summed E-state index contributed by atoms with van der Waals surface area (Å²) in [6.45, 7) is 4.25. The lowest BCUT2D eigenvalue weighted by Gasteiger charge is -2.21. The van der Waals surface area contributed by atoms with Gasteiger partial charge in [0.1, 0.15) is 0 Å². The third kappa shape index (κ3) is 4.79. The summed E-state index contributed by atoms with van der Waals surface area (Å²) >= 11 is 1.86. The quantitative estimate of drug-likeness (QED) is 0.657. The maximum absolute atomic E-state index is 5.89. The van der Waals surface area contributed by atoms with Crippen LogP contribution < -0.4 is 5.73 Å². The van der Waals surface area contributed by atoms with Crippen LogP contribution in [-0.2, 0) is 0 Å². The number of thioether (sulfide) groups is 1. The van der Waals surface area contributed by atoms with Crippen LogP contribution in [0.4, 0.5) is 0 Å². The third-order valence-electron chi connectivity index (χ3n) is 1.68. The predicted octanol–water partition coefficient (Wildman–Crippen LogP) is 1.87. The van der Waals surface area contributed by atoms with Gasteiger partial charge in [0.2, 0.25) is 0 Å². The molecule has 0 aromatic rings. The minimum atomic E-state index is 0.0724. The van der Waals surface area contributed by atoms with Crippen LogP contribution in [0.25, 0.3) is 0 Å². The molecule has 9 heavy (non-hydrogen) atoms. The lowest BCUT2D eigenvalue weighted by Crippen LogP contribution is -2.35. The Bertz CT molecular complexity index is 71.3. The molecular weight excluding hydrogens is 130 g/mol. The largest absolute Gasteiger partial charge is 0.325 e. The van der Waals surface area contributed by atoms with Gasteiger partial charge in [0.25, 0.3) is 0 Å². The van der Waals surface area contributed by atoms with E-state index >= 15 is 0 Å². The van der Waals surface area contributed by atoms with E-state index in [1.165, 1.54) is 5.75 Å². The zero-order valence-corrected chi connectivity index (χ0v) is 7.42. The molecule has 0 saturated carbocycles. The van der Waals surface area contributed by atoms with E-state index in [9.17, 15) is 0 Å². The second kappa shape index (κ2) is 4.18. The van der Waals surface area contributed by atoms with Crippen LogP contribution in [-0.4, -0.2) is 17.5 Å². The molecule has 0 aromatic heterocycles. The Labute approximate surface area is 62.4 Å². The van der Waals surface area contributed by atoms with Crippen molar-refractivity contribution in [3.8, 4) is 0 Å². The molecule has 0 bridgehead atoms. The summed E-state index contributed by atoms with van der Waals surface area (Å²) in [5.74, 6) is 1.18. The molecule has 1 nitrogen and oxygen atoms in total. The van der Waals surface area contributed by atoms with Gasteiger partial charge in [-0.05, 0) is 31.8 Å². The molecule has 0 saturated heterocycles. The third-order valence-corrected chi connectivity index (χ3v) is 2.30. The average molecular weight is 147 g/mol. The Morgan fingerprint density at radius 3 is 2.44 bits per heavy atom. The van der Waals surface area contributed by atoms with Crippen LogP contribution in [0.1, 0.15) is 26.7 Å². The summed E-state index contributed by atoms with van der Waals surface area (Å²) in [4.78, 5) is 0. The van der Waals surface area contributed by atoms with E-state index < -0.39 is 0 Å². The fraction of sp³-hybridized carbons (Fsp3) is 1.00. The first kappa shape index (κ1) is 9.31. The monoisotopic (exact) mass is 147 g/mol. The van der Waals surface area contributed by atoms with Crippen LogP contribution in [0, 0.1) is 0 Å². The molecule has 0 heterocycles. The molecule has 0 aliphatic carbocycles. The van der Waals surface area contributed by atoms with E-state index in [4.69, 9.17) is 5.73 Å². The van der Waals surface area contributed by atoms with Crippen molar-refractivity contribution in [3.05, 3.63) is 0 Å². The van der Waals surface area contributed by atoms with Crippen molar-refractivity contribution in [3.63, 3.8) is 0 Å². The SMILES string of the molecule is CCC(C)(N)CCSC. The van der Waals surface area contributed by atoms with Gasteiger partial charge in [0, 0.05) is 5.54 Å². The van der Waals surface area contributed by atoms with E-state index in [0.29, 0.717) is 0 Å². The van der Waals surface area contributed by atoms with Crippen LogP contribution in [0.15, 0.2) is 0 Å². The number of rotatable bonds is 4. The van der Waals surface area contributed by atoms with Gasteiger partial charge >= 0.3 is 0 Å². The molecule has 0 radical (unpaired) electrons. The van der Waals surface area contributed by atoms with Crippen LogP contribution in [0.2, 0.25) is 0 Å². The van der Waals surface area contributed by atoms with Gasteiger partial charge in [-0.1, -0.05) is 6.92 Å². The molecule has 0 fully saturated rings. The van der Waals surface area contributed by atoms with Gasteiger partial charge in [0.15, 0.2) is 0 Å². The van der Waals surface area contributed by atoms with Gasteiger partial charge < -0.3 is 5.73 Å². The number of hydrogen-bond acceptors (Lipinski definition) is 2. The molecule has 0 rings (SSSR count). The van der Waals surface area contributed by atoms with Crippen molar-refractivity contribution in [1.82, 2.24) is 0 Å². The fourth-order valence-electron chi connectivity index (χ4n) is 0.512. The number of nitrogens with two attached hydrogens (primary N) is 1. The molecule has 0 spiro atoms. The topological polar surface area (TPSA) is 26.0 Å². The van der Waals surface area contributed by atoms with E-state index in [2.05, 4.69) is 20.1 Å². The lowest BCUT2D eigenvalue weighted by molar-refractivity contribution is 0.441. The molecule has 0 aromatic carbocycles. The van der Waals surface area contributed by atoms with Gasteiger partial charge in [-0.3, -0.25) is 0 Å². The Morgan fingerprint density at radius 2 is 2.11 bits per heavy atom. The Hall–Kier alpha value is 0.310. The van der Waals surface area contributed by atoms with E-state index in [1.54, 1.807) is 0 Å². The molecule has 1 atom stereocenters. The van der Waals surface area contributed by atoms with Crippen molar-refractivity contribution < 1.29 is 0 Å². The van der Waals surface area contributed by atoms with Gasteiger partial charge in [-0.25, -0.2) is 0 Å². The number of hydrogen-bond donors (Lipinski definition) is 1. The molecule has 2 N–H and O–H groups in total. The molecule has 0 amide bonds. The second-order valence-electron chi connectivity index (χ2n) is 2.75. The summed E-state index contributed by atoms with van der Waals surface area (Å²) in [5, 5.41) is 0. The molecule has 2 heteroatoms. The second-order valence-corrected chi connectivity index (χ2v) is 3.74. The van der Waals surface area contributed by atoms with Gasteiger partial charge in [-0.15, -0.1) is 0 Å². The summed E-state index contributed by atoms with van der Waals surface area (Å²) in [6.07, 6.45) is 4.32. The minimum Gasteiger partial charge on any atom is -0.325 e. The smallest absolute Gasteiger partial charge is 0.0131 e. The Morgan fingerprint density at radius 1 is 1.56 bits per heavy atom. The molecule has 56 valence electrons. The van der Waals surface area contributed by atoms with E-state index in [1.807, 2.05) is 11.8 Å². The van der Waals surface area contributed by atoms with E-state index in [0.717, 1.165) is 12.8 Å². The molecule has 0 aliphatic rings. The highest BCUT2D eigenvalue weighted by atomic mass is 32.2. The molecular formula is C7H17NS. The summed E-state index contributed by atoms with van der Waals surface area (Å²) in [7, 11) is 0.